The van der Waals surface area contributed by atoms with Crippen molar-refractivity contribution in [3.8, 4) is 0 Å². The first kappa shape index (κ1) is 15.5. The van der Waals surface area contributed by atoms with Gasteiger partial charge in [-0.2, -0.15) is 0 Å². The number of benzene rings is 1. The Balaban J connectivity index is 2.42. The van der Waals surface area contributed by atoms with E-state index in [1.54, 1.807) is 7.11 Å². The number of methoxy groups -OCH3 is 1. The molecule has 0 aliphatic carbocycles. The Kier molecular flexibility index (Phi) is 5.83. The van der Waals surface area contributed by atoms with Crippen LogP contribution in [0.15, 0.2) is 24.3 Å². The smallest absolute Gasteiger partial charge is 0.224 e. The average Bonchev–Trinajstić information content (AvgIpc) is 2.40. The van der Waals surface area contributed by atoms with E-state index in [9.17, 15) is 4.79 Å². The predicted molar refractivity (Wildman–Crippen MR) is 79.6 cm³/mol. The topological polar surface area (TPSA) is 50.4 Å². The third-order valence-corrected chi connectivity index (χ3v) is 3.10. The van der Waals surface area contributed by atoms with Crippen LogP contribution in [0.3, 0.4) is 0 Å². The SMILES string of the molecule is CCC(=O)Nc1ccc(NCCC(C)(C)OC)cc1. The van der Waals surface area contributed by atoms with Crippen LogP contribution in [-0.2, 0) is 9.53 Å². The number of hydrogen-bond acceptors (Lipinski definition) is 3. The molecule has 0 spiro atoms. The standard InChI is InChI=1S/C15H24N2O2/c1-5-14(18)17-13-8-6-12(7-9-13)16-11-10-15(2,3)19-4/h6-9,16H,5,10-11H2,1-4H3,(H,17,18). The number of amides is 1. The van der Waals surface area contributed by atoms with E-state index in [2.05, 4.69) is 24.5 Å². The Morgan fingerprint density at radius 3 is 2.32 bits per heavy atom. The molecule has 0 bridgehead atoms. The van der Waals surface area contributed by atoms with Crippen molar-refractivity contribution in [3.63, 3.8) is 0 Å². The highest BCUT2D eigenvalue weighted by Gasteiger charge is 2.15. The third-order valence-electron chi connectivity index (χ3n) is 3.10. The molecule has 0 unspecified atom stereocenters. The van der Waals surface area contributed by atoms with Crippen molar-refractivity contribution in [1.82, 2.24) is 0 Å². The molecule has 0 radical (unpaired) electrons. The molecule has 0 heterocycles. The molecule has 19 heavy (non-hydrogen) atoms. The monoisotopic (exact) mass is 264 g/mol. The van der Waals surface area contributed by atoms with Crippen LogP contribution in [0.5, 0.6) is 0 Å². The number of ether oxygens (including phenoxy) is 1. The van der Waals surface area contributed by atoms with Gasteiger partial charge in [0.25, 0.3) is 0 Å². The number of carbonyl (C=O) groups is 1. The van der Waals surface area contributed by atoms with Gasteiger partial charge in [0.15, 0.2) is 0 Å². The Morgan fingerprint density at radius 2 is 1.79 bits per heavy atom. The molecule has 4 heteroatoms. The summed E-state index contributed by atoms with van der Waals surface area (Å²) < 4.78 is 5.36. The summed E-state index contributed by atoms with van der Waals surface area (Å²) in [6, 6.07) is 7.73. The quantitative estimate of drug-likeness (QED) is 0.794. The van der Waals surface area contributed by atoms with Crippen molar-refractivity contribution in [2.45, 2.75) is 39.2 Å². The minimum atomic E-state index is -0.109. The van der Waals surface area contributed by atoms with Crippen molar-refractivity contribution >= 4 is 17.3 Å². The van der Waals surface area contributed by atoms with E-state index >= 15 is 0 Å². The van der Waals surface area contributed by atoms with Crippen LogP contribution < -0.4 is 10.6 Å². The lowest BCUT2D eigenvalue weighted by molar-refractivity contribution is -0.115. The molecule has 0 saturated heterocycles. The molecule has 4 nitrogen and oxygen atoms in total. The molecule has 1 amide bonds. The summed E-state index contributed by atoms with van der Waals surface area (Å²) in [7, 11) is 1.73. The zero-order chi connectivity index (χ0) is 14.3. The van der Waals surface area contributed by atoms with Crippen LogP contribution in [0.4, 0.5) is 11.4 Å². The normalized spacial score (nSPS) is 11.2. The van der Waals surface area contributed by atoms with Gasteiger partial charge >= 0.3 is 0 Å². The van der Waals surface area contributed by atoms with Crippen molar-refractivity contribution in [2.24, 2.45) is 0 Å². The lowest BCUT2D eigenvalue weighted by Gasteiger charge is -2.23. The van der Waals surface area contributed by atoms with Crippen molar-refractivity contribution in [1.29, 1.82) is 0 Å². The molecule has 0 aliphatic rings. The van der Waals surface area contributed by atoms with E-state index in [1.165, 1.54) is 0 Å². The molecule has 0 saturated carbocycles. The molecule has 1 aromatic carbocycles. The van der Waals surface area contributed by atoms with E-state index in [1.807, 2.05) is 31.2 Å². The summed E-state index contributed by atoms with van der Waals surface area (Å²) in [5.74, 6) is 0.0301. The summed E-state index contributed by atoms with van der Waals surface area (Å²) in [6.07, 6.45) is 1.42. The maximum atomic E-state index is 11.2. The van der Waals surface area contributed by atoms with Crippen LogP contribution in [-0.4, -0.2) is 25.2 Å². The molecule has 106 valence electrons. The first-order chi connectivity index (χ1) is 8.96. The number of hydrogen-bond donors (Lipinski definition) is 2. The Labute approximate surface area is 115 Å². The maximum Gasteiger partial charge on any atom is 0.224 e. The van der Waals surface area contributed by atoms with E-state index in [-0.39, 0.29) is 11.5 Å². The Morgan fingerprint density at radius 1 is 1.21 bits per heavy atom. The lowest BCUT2D eigenvalue weighted by atomic mass is 10.1. The van der Waals surface area contributed by atoms with Gasteiger partial charge < -0.3 is 15.4 Å². The van der Waals surface area contributed by atoms with Gasteiger partial charge in [0.05, 0.1) is 5.60 Å². The fraction of sp³-hybridized carbons (Fsp3) is 0.533. The number of anilines is 2. The summed E-state index contributed by atoms with van der Waals surface area (Å²) in [5.41, 5.74) is 1.76. The van der Waals surface area contributed by atoms with Gasteiger partial charge in [-0.3, -0.25) is 4.79 Å². The van der Waals surface area contributed by atoms with Gasteiger partial charge in [-0.25, -0.2) is 0 Å². The van der Waals surface area contributed by atoms with Crippen LogP contribution in [0.2, 0.25) is 0 Å². The zero-order valence-corrected chi connectivity index (χ0v) is 12.2. The lowest BCUT2D eigenvalue weighted by Crippen LogP contribution is -2.25. The first-order valence-corrected chi connectivity index (χ1v) is 6.66. The van der Waals surface area contributed by atoms with Gasteiger partial charge in [-0.15, -0.1) is 0 Å². The molecular weight excluding hydrogens is 240 g/mol. The van der Waals surface area contributed by atoms with Gasteiger partial charge in [0, 0.05) is 31.5 Å². The fourth-order valence-corrected chi connectivity index (χ4v) is 1.53. The number of carbonyl (C=O) groups excluding carboxylic acids is 1. The van der Waals surface area contributed by atoms with Crippen molar-refractivity contribution in [3.05, 3.63) is 24.3 Å². The van der Waals surface area contributed by atoms with Crippen LogP contribution >= 0.6 is 0 Å². The Bertz CT molecular complexity index is 399. The Hall–Kier alpha value is -1.55. The van der Waals surface area contributed by atoms with Gasteiger partial charge in [-0.1, -0.05) is 6.92 Å². The van der Waals surface area contributed by atoms with Gasteiger partial charge in [0.2, 0.25) is 5.91 Å². The van der Waals surface area contributed by atoms with E-state index < -0.39 is 0 Å². The van der Waals surface area contributed by atoms with Gasteiger partial charge in [0.1, 0.15) is 0 Å². The molecule has 0 fully saturated rings. The summed E-state index contributed by atoms with van der Waals surface area (Å²) >= 11 is 0. The predicted octanol–water partition coefficient (Wildman–Crippen LogP) is 3.26. The van der Waals surface area contributed by atoms with Crippen LogP contribution in [0.25, 0.3) is 0 Å². The van der Waals surface area contributed by atoms with Crippen molar-refractivity contribution < 1.29 is 9.53 Å². The van der Waals surface area contributed by atoms with Crippen LogP contribution in [0.1, 0.15) is 33.6 Å². The summed E-state index contributed by atoms with van der Waals surface area (Å²) in [4.78, 5) is 11.2. The average molecular weight is 264 g/mol. The van der Waals surface area contributed by atoms with Crippen LogP contribution in [0, 0.1) is 0 Å². The third kappa shape index (κ3) is 5.75. The maximum absolute atomic E-state index is 11.2. The minimum absolute atomic E-state index is 0.0301. The molecule has 1 aromatic rings. The number of rotatable bonds is 7. The van der Waals surface area contributed by atoms with E-state index in [0.29, 0.717) is 6.42 Å². The largest absolute Gasteiger partial charge is 0.385 e. The molecular formula is C15H24N2O2. The molecule has 1 rings (SSSR count). The second-order valence-electron chi connectivity index (χ2n) is 5.12. The zero-order valence-electron chi connectivity index (χ0n) is 12.2. The van der Waals surface area contributed by atoms with E-state index in [0.717, 1.165) is 24.3 Å². The van der Waals surface area contributed by atoms with Crippen molar-refractivity contribution in [2.75, 3.05) is 24.3 Å². The first-order valence-electron chi connectivity index (χ1n) is 6.66. The summed E-state index contributed by atoms with van der Waals surface area (Å²) in [5, 5.41) is 6.16. The second-order valence-corrected chi connectivity index (χ2v) is 5.12. The number of nitrogens with one attached hydrogen (secondary N) is 2. The molecule has 0 aromatic heterocycles. The fourth-order valence-electron chi connectivity index (χ4n) is 1.53. The minimum Gasteiger partial charge on any atom is -0.385 e. The molecule has 0 aliphatic heterocycles. The molecule has 0 atom stereocenters. The molecule has 2 N–H and O–H groups in total. The van der Waals surface area contributed by atoms with Gasteiger partial charge in [-0.05, 0) is 44.5 Å². The van der Waals surface area contributed by atoms with E-state index in [4.69, 9.17) is 4.74 Å². The highest BCUT2D eigenvalue weighted by molar-refractivity contribution is 5.90. The highest BCUT2D eigenvalue weighted by Crippen LogP contribution is 2.16. The highest BCUT2D eigenvalue weighted by atomic mass is 16.5. The summed E-state index contributed by atoms with van der Waals surface area (Å²) in [6.45, 7) is 6.82. The second kappa shape index (κ2) is 7.14.